The number of aromatic nitrogens is 4. The first-order chi connectivity index (χ1) is 22.5. The molecule has 0 radical (unpaired) electrons. The van der Waals surface area contributed by atoms with Crippen molar-refractivity contribution in [2.75, 3.05) is 0 Å². The van der Waals surface area contributed by atoms with E-state index in [1.165, 1.54) is 11.1 Å². The van der Waals surface area contributed by atoms with Crippen molar-refractivity contribution >= 4 is 21.8 Å². The molecule has 5 nitrogen and oxygen atoms in total. The molecule has 0 bridgehead atoms. The van der Waals surface area contributed by atoms with Gasteiger partial charge in [-0.15, -0.1) is 0 Å². The van der Waals surface area contributed by atoms with Crippen LogP contribution in [0.15, 0.2) is 109 Å². The molecule has 0 saturated heterocycles. The van der Waals surface area contributed by atoms with Crippen LogP contribution in [0.5, 0.6) is 11.5 Å². The van der Waals surface area contributed by atoms with E-state index < -0.39 is 0 Å². The predicted octanol–water partition coefficient (Wildman–Crippen LogP) is 10.7. The van der Waals surface area contributed by atoms with Crippen LogP contribution in [-0.2, 0) is 6.42 Å². The molecule has 230 valence electrons. The Kier molecular flexibility index (Phi) is 7.17. The SMILES string of the molecule is [2H]c1ccc2c(c1)c1ccc(Oc3cc(CCC(C)(C)C)cc(-n4nc(C)c(-c5ccccc5)c4C)c3)cc1n2-c1cc(C)ccn1. The van der Waals surface area contributed by atoms with Crippen molar-refractivity contribution in [2.45, 2.75) is 54.4 Å². The van der Waals surface area contributed by atoms with Gasteiger partial charge >= 0.3 is 0 Å². The second-order valence-electron chi connectivity index (χ2n) is 13.5. The number of para-hydroxylation sites is 1. The molecule has 0 spiro atoms. The van der Waals surface area contributed by atoms with E-state index >= 15 is 0 Å². The number of aryl methyl sites for hydroxylation is 3. The highest BCUT2D eigenvalue weighted by Crippen LogP contribution is 2.36. The summed E-state index contributed by atoms with van der Waals surface area (Å²) in [5.74, 6) is 2.34. The highest BCUT2D eigenvalue weighted by molar-refractivity contribution is 6.09. The molecule has 0 saturated carbocycles. The summed E-state index contributed by atoms with van der Waals surface area (Å²) < 4.78 is 19.2. The van der Waals surface area contributed by atoms with Gasteiger partial charge in [0.15, 0.2) is 0 Å². The highest BCUT2D eigenvalue weighted by Gasteiger charge is 2.18. The smallest absolute Gasteiger partial charge is 0.137 e. The van der Waals surface area contributed by atoms with Crippen LogP contribution in [0.1, 0.15) is 51.1 Å². The molecule has 0 atom stereocenters. The average Bonchev–Trinajstić information content (AvgIpc) is 3.52. The lowest BCUT2D eigenvalue weighted by atomic mass is 9.88. The zero-order chi connectivity index (χ0) is 32.9. The van der Waals surface area contributed by atoms with Crippen molar-refractivity contribution in [3.05, 3.63) is 132 Å². The van der Waals surface area contributed by atoms with E-state index in [0.717, 1.165) is 80.2 Å². The minimum Gasteiger partial charge on any atom is -0.457 e. The second-order valence-corrected chi connectivity index (χ2v) is 13.5. The Morgan fingerprint density at radius 2 is 1.59 bits per heavy atom. The molecule has 7 rings (SSSR count). The molecule has 7 aromatic rings. The Labute approximate surface area is 272 Å². The number of fused-ring (bicyclic) bond motifs is 3. The van der Waals surface area contributed by atoms with Crippen LogP contribution in [0.4, 0.5) is 0 Å². The summed E-state index contributed by atoms with van der Waals surface area (Å²) >= 11 is 0. The lowest BCUT2D eigenvalue weighted by molar-refractivity contribution is 0.378. The summed E-state index contributed by atoms with van der Waals surface area (Å²) in [6.45, 7) is 13.1. The minimum absolute atomic E-state index is 0.205. The Balaban J connectivity index is 1.34. The zero-order valence-electron chi connectivity index (χ0n) is 28.4. The largest absolute Gasteiger partial charge is 0.457 e. The molecule has 46 heavy (non-hydrogen) atoms. The van der Waals surface area contributed by atoms with E-state index in [1.807, 2.05) is 47.3 Å². The van der Waals surface area contributed by atoms with Crippen LogP contribution in [0.25, 0.3) is 44.4 Å². The van der Waals surface area contributed by atoms with Crippen molar-refractivity contribution in [3.8, 4) is 34.1 Å². The fourth-order valence-electron chi connectivity index (χ4n) is 6.38. The Hall–Kier alpha value is -5.16. The third kappa shape index (κ3) is 5.69. The lowest BCUT2D eigenvalue weighted by Gasteiger charge is -2.19. The fraction of sp³-hybridized carbons (Fsp3) is 0.220. The van der Waals surface area contributed by atoms with Crippen LogP contribution >= 0.6 is 0 Å². The topological polar surface area (TPSA) is 44.9 Å². The number of hydrogen-bond donors (Lipinski definition) is 0. The van der Waals surface area contributed by atoms with Crippen LogP contribution < -0.4 is 4.74 Å². The normalized spacial score (nSPS) is 12.2. The Morgan fingerprint density at radius 1 is 0.783 bits per heavy atom. The predicted molar refractivity (Wildman–Crippen MR) is 190 cm³/mol. The van der Waals surface area contributed by atoms with Gasteiger partial charge < -0.3 is 4.74 Å². The van der Waals surface area contributed by atoms with Gasteiger partial charge in [0.05, 0.1) is 23.8 Å². The fourth-order valence-corrected chi connectivity index (χ4v) is 6.38. The summed E-state index contributed by atoms with van der Waals surface area (Å²) in [6.07, 6.45) is 3.82. The Morgan fingerprint density at radius 3 is 2.37 bits per heavy atom. The first-order valence-electron chi connectivity index (χ1n) is 16.5. The van der Waals surface area contributed by atoms with Gasteiger partial charge in [-0.2, -0.15) is 5.10 Å². The van der Waals surface area contributed by atoms with Crippen molar-refractivity contribution in [3.63, 3.8) is 0 Å². The molecule has 0 fully saturated rings. The van der Waals surface area contributed by atoms with Gasteiger partial charge in [0, 0.05) is 40.4 Å². The van der Waals surface area contributed by atoms with Gasteiger partial charge in [-0.1, -0.05) is 69.3 Å². The number of benzene rings is 4. The second kappa shape index (κ2) is 11.6. The molecule has 0 aliphatic carbocycles. The van der Waals surface area contributed by atoms with E-state index in [1.54, 1.807) is 0 Å². The number of hydrogen-bond acceptors (Lipinski definition) is 3. The van der Waals surface area contributed by atoms with Crippen LogP contribution in [-0.4, -0.2) is 19.3 Å². The van der Waals surface area contributed by atoms with Crippen LogP contribution in [0.2, 0.25) is 0 Å². The van der Waals surface area contributed by atoms with E-state index in [0.29, 0.717) is 6.04 Å². The first kappa shape index (κ1) is 28.3. The molecule has 0 aliphatic rings. The molecule has 0 amide bonds. The van der Waals surface area contributed by atoms with Crippen molar-refractivity contribution in [1.82, 2.24) is 19.3 Å². The molecule has 3 aromatic heterocycles. The van der Waals surface area contributed by atoms with Crippen molar-refractivity contribution in [1.29, 1.82) is 0 Å². The Bertz CT molecular complexity index is 2260. The number of rotatable bonds is 7. The average molecular weight is 606 g/mol. The van der Waals surface area contributed by atoms with Crippen molar-refractivity contribution < 1.29 is 6.11 Å². The molecule has 4 aromatic carbocycles. The van der Waals surface area contributed by atoms with Crippen LogP contribution in [0.3, 0.4) is 0 Å². The molecule has 0 aliphatic heterocycles. The number of ether oxygens (including phenoxy) is 1. The third-order valence-corrected chi connectivity index (χ3v) is 8.66. The molecule has 3 heterocycles. The maximum Gasteiger partial charge on any atom is 0.137 e. The van der Waals surface area contributed by atoms with Crippen molar-refractivity contribution in [2.24, 2.45) is 5.41 Å². The van der Waals surface area contributed by atoms with Gasteiger partial charge in [0.1, 0.15) is 17.3 Å². The number of nitrogens with zero attached hydrogens (tertiary/aromatic N) is 4. The summed E-state index contributed by atoms with van der Waals surface area (Å²) in [7, 11) is 0. The molecule has 5 heteroatoms. The van der Waals surface area contributed by atoms with Crippen LogP contribution in [0, 0.1) is 26.2 Å². The standard InChI is InChI=1S/C41H40N4O/c1-27-19-21-42-39(22-27)44-37-15-11-10-14-35(37)36-17-16-33(26-38(36)44)46-34-24-30(18-20-41(4,5)6)23-32(25-34)45-29(3)40(28(2)43-45)31-12-8-7-9-13-31/h7-17,19,21-26H,18,20H2,1-6H3/i10D. The zero-order valence-corrected chi connectivity index (χ0v) is 27.4. The summed E-state index contributed by atoms with van der Waals surface area (Å²) in [4.78, 5) is 4.72. The lowest BCUT2D eigenvalue weighted by Crippen LogP contribution is -2.07. The summed E-state index contributed by atoms with van der Waals surface area (Å²) in [6, 6.07) is 33.5. The first-order valence-corrected chi connectivity index (χ1v) is 16.0. The molecular weight excluding hydrogens is 564 g/mol. The molecular formula is C41H40N4O. The van der Waals surface area contributed by atoms with E-state index in [9.17, 15) is 0 Å². The number of pyridine rings is 1. The quantitative estimate of drug-likeness (QED) is 0.182. The maximum absolute atomic E-state index is 8.30. The summed E-state index contributed by atoms with van der Waals surface area (Å²) in [5, 5.41) is 7.09. The monoisotopic (exact) mass is 605 g/mol. The molecule has 0 unspecified atom stereocenters. The minimum atomic E-state index is 0.205. The maximum atomic E-state index is 8.30. The van der Waals surface area contributed by atoms with Gasteiger partial charge in [0.2, 0.25) is 0 Å². The van der Waals surface area contributed by atoms with Gasteiger partial charge in [0.25, 0.3) is 0 Å². The third-order valence-electron chi connectivity index (χ3n) is 8.66. The molecule has 0 N–H and O–H groups in total. The van der Waals surface area contributed by atoms with E-state index in [-0.39, 0.29) is 5.41 Å². The summed E-state index contributed by atoms with van der Waals surface area (Å²) in [5.41, 5.74) is 9.94. The van der Waals surface area contributed by atoms with Gasteiger partial charge in [-0.25, -0.2) is 9.67 Å². The van der Waals surface area contributed by atoms with Gasteiger partial charge in [-0.05, 0) is 98.2 Å². The van der Waals surface area contributed by atoms with E-state index in [4.69, 9.17) is 16.2 Å². The highest BCUT2D eigenvalue weighted by atomic mass is 16.5. The van der Waals surface area contributed by atoms with E-state index in [2.05, 4.69) is 107 Å². The van der Waals surface area contributed by atoms with Gasteiger partial charge in [-0.3, -0.25) is 4.57 Å².